The van der Waals surface area contributed by atoms with E-state index in [2.05, 4.69) is 5.10 Å². The molecule has 2 aromatic rings. The van der Waals surface area contributed by atoms with Crippen LogP contribution in [0.4, 0.5) is 10.1 Å². The summed E-state index contributed by atoms with van der Waals surface area (Å²) in [6.07, 6.45) is 0. The highest BCUT2D eigenvalue weighted by atomic mass is 35.5. The molecule has 1 aromatic carbocycles. The molecule has 3 rings (SSSR count). The number of halogens is 3. The highest BCUT2D eigenvalue weighted by Crippen LogP contribution is 2.29. The first-order valence-corrected chi connectivity index (χ1v) is 10.4. The Balaban J connectivity index is 1.79. The molecule has 1 fully saturated rings. The average molecular weight is 421 g/mol. The third-order valence-corrected chi connectivity index (χ3v) is 7.18. The summed E-state index contributed by atoms with van der Waals surface area (Å²) in [7, 11) is -3.93. The largest absolute Gasteiger partial charge is 0.369 e. The van der Waals surface area contributed by atoms with Gasteiger partial charge in [-0.2, -0.15) is 13.8 Å². The van der Waals surface area contributed by atoms with Crippen LogP contribution in [0.15, 0.2) is 23.1 Å². The fourth-order valence-corrected chi connectivity index (χ4v) is 4.96. The first-order chi connectivity index (χ1) is 12.3. The quantitative estimate of drug-likeness (QED) is 0.761. The second-order valence-corrected chi connectivity index (χ2v) is 8.70. The number of benzene rings is 1. The minimum atomic E-state index is -3.93. The minimum Gasteiger partial charge on any atom is -0.369 e. The molecule has 0 unspecified atom stereocenters. The van der Waals surface area contributed by atoms with Crippen LogP contribution in [0.3, 0.4) is 0 Å². The van der Waals surface area contributed by atoms with E-state index in [1.54, 1.807) is 19.1 Å². The Kier molecular flexibility index (Phi) is 5.48. The first-order valence-electron chi connectivity index (χ1n) is 8.18. The molecule has 1 aliphatic rings. The van der Waals surface area contributed by atoms with Gasteiger partial charge in [0.05, 0.1) is 15.7 Å². The summed E-state index contributed by atoms with van der Waals surface area (Å²) in [4.78, 5) is 1.69. The van der Waals surface area contributed by atoms with Crippen LogP contribution in [0, 0.1) is 12.9 Å². The van der Waals surface area contributed by atoms with Crippen LogP contribution in [0.5, 0.6) is 0 Å². The molecule has 10 heteroatoms. The van der Waals surface area contributed by atoms with Gasteiger partial charge in [0.1, 0.15) is 0 Å². The molecular weight excluding hydrogens is 402 g/mol. The van der Waals surface area contributed by atoms with Crippen molar-refractivity contribution in [1.29, 1.82) is 0 Å². The van der Waals surface area contributed by atoms with Gasteiger partial charge in [-0.25, -0.2) is 13.1 Å². The van der Waals surface area contributed by atoms with Crippen molar-refractivity contribution >= 4 is 38.9 Å². The van der Waals surface area contributed by atoms with Crippen molar-refractivity contribution in [2.75, 3.05) is 31.1 Å². The van der Waals surface area contributed by atoms with Crippen molar-refractivity contribution in [3.63, 3.8) is 0 Å². The van der Waals surface area contributed by atoms with Crippen LogP contribution in [0.1, 0.15) is 12.6 Å². The fourth-order valence-electron chi connectivity index (χ4n) is 3.04. The van der Waals surface area contributed by atoms with Gasteiger partial charge < -0.3 is 4.90 Å². The number of piperazine rings is 1. The van der Waals surface area contributed by atoms with E-state index in [1.807, 2.05) is 11.0 Å². The lowest BCUT2D eigenvalue weighted by Crippen LogP contribution is -2.48. The number of hydrogen-bond donors (Lipinski definition) is 0. The van der Waals surface area contributed by atoms with Crippen LogP contribution in [0.25, 0.3) is 0 Å². The van der Waals surface area contributed by atoms with E-state index >= 15 is 0 Å². The smallest absolute Gasteiger partial charge is 0.249 e. The molecule has 0 radical (unpaired) electrons. The van der Waals surface area contributed by atoms with Gasteiger partial charge in [-0.1, -0.05) is 23.2 Å². The van der Waals surface area contributed by atoms with Gasteiger partial charge in [-0.3, -0.25) is 0 Å². The number of aromatic nitrogens is 2. The van der Waals surface area contributed by atoms with Gasteiger partial charge in [0.2, 0.25) is 16.0 Å². The lowest BCUT2D eigenvalue weighted by molar-refractivity contribution is 0.379. The Labute approximate surface area is 162 Å². The van der Waals surface area contributed by atoms with Crippen molar-refractivity contribution in [1.82, 2.24) is 14.1 Å². The summed E-state index contributed by atoms with van der Waals surface area (Å²) in [5, 5.41) is 4.88. The molecule has 0 spiro atoms. The van der Waals surface area contributed by atoms with Crippen LogP contribution >= 0.6 is 23.2 Å². The van der Waals surface area contributed by atoms with Crippen LogP contribution in [0.2, 0.25) is 10.0 Å². The normalized spacial score (nSPS) is 16.3. The molecule has 2 heterocycles. The zero-order chi connectivity index (χ0) is 19.1. The van der Waals surface area contributed by atoms with E-state index in [9.17, 15) is 12.8 Å². The molecule has 6 nitrogen and oxygen atoms in total. The lowest BCUT2D eigenvalue weighted by Gasteiger charge is -2.35. The van der Waals surface area contributed by atoms with E-state index in [4.69, 9.17) is 23.2 Å². The van der Waals surface area contributed by atoms with E-state index < -0.39 is 16.0 Å². The maximum Gasteiger partial charge on any atom is 0.249 e. The number of hydrogen-bond acceptors (Lipinski definition) is 4. The summed E-state index contributed by atoms with van der Waals surface area (Å²) in [6.45, 7) is 4.93. The summed E-state index contributed by atoms with van der Waals surface area (Å²) in [6, 6.07) is 5.30. The molecule has 0 bridgehead atoms. The maximum absolute atomic E-state index is 14.4. The number of anilines is 1. The average Bonchev–Trinajstić information content (AvgIpc) is 2.91. The molecule has 1 saturated heterocycles. The summed E-state index contributed by atoms with van der Waals surface area (Å²) in [5.74, 6) is -0.808. The molecule has 1 aromatic heterocycles. The third kappa shape index (κ3) is 3.43. The van der Waals surface area contributed by atoms with Gasteiger partial charge in [0, 0.05) is 38.4 Å². The van der Waals surface area contributed by atoms with Crippen LogP contribution < -0.4 is 4.90 Å². The van der Waals surface area contributed by atoms with E-state index in [1.165, 1.54) is 11.2 Å². The van der Waals surface area contributed by atoms with E-state index in [0.29, 0.717) is 23.1 Å². The molecule has 26 heavy (non-hydrogen) atoms. The van der Waals surface area contributed by atoms with Crippen molar-refractivity contribution in [2.24, 2.45) is 0 Å². The monoisotopic (exact) mass is 420 g/mol. The fraction of sp³-hybridized carbons (Fsp3) is 0.438. The zero-order valence-electron chi connectivity index (χ0n) is 14.4. The molecule has 0 N–H and O–H groups in total. The van der Waals surface area contributed by atoms with Gasteiger partial charge in [0.15, 0.2) is 4.90 Å². The van der Waals surface area contributed by atoms with E-state index in [0.717, 1.165) is 10.4 Å². The molecule has 0 saturated carbocycles. The third-order valence-electron chi connectivity index (χ3n) is 4.42. The topological polar surface area (TPSA) is 58.4 Å². The lowest BCUT2D eigenvalue weighted by atomic mass is 10.2. The van der Waals surface area contributed by atoms with Crippen molar-refractivity contribution in [2.45, 2.75) is 25.3 Å². The van der Waals surface area contributed by atoms with Gasteiger partial charge in [-0.15, -0.1) is 0 Å². The number of aryl methyl sites for hydroxylation is 2. The predicted octanol–water partition coefficient (Wildman–Crippen LogP) is 3.17. The van der Waals surface area contributed by atoms with Gasteiger partial charge in [0.25, 0.3) is 0 Å². The first kappa shape index (κ1) is 19.4. The standard InChI is InChI=1S/C16H19Cl2FN4O2S/c1-3-23-16(19)15(11(2)20-23)26(24,25)22-8-6-21(7-9-22)12-4-5-13(17)14(18)10-12/h4-5,10H,3,6-9H2,1-2H3. The summed E-state index contributed by atoms with van der Waals surface area (Å²) in [5.41, 5.74) is 1.05. The summed E-state index contributed by atoms with van der Waals surface area (Å²) < 4.78 is 42.5. The van der Waals surface area contributed by atoms with E-state index in [-0.39, 0.29) is 30.2 Å². The Morgan fingerprint density at radius 1 is 1.15 bits per heavy atom. The Bertz CT molecular complexity index is 925. The summed E-state index contributed by atoms with van der Waals surface area (Å²) >= 11 is 12.0. The van der Waals surface area contributed by atoms with Crippen molar-refractivity contribution in [3.05, 3.63) is 39.9 Å². The molecule has 142 valence electrons. The van der Waals surface area contributed by atoms with Crippen LogP contribution in [-0.2, 0) is 16.6 Å². The van der Waals surface area contributed by atoms with Crippen molar-refractivity contribution in [3.8, 4) is 0 Å². The molecule has 0 aliphatic carbocycles. The van der Waals surface area contributed by atoms with Gasteiger partial charge in [-0.05, 0) is 32.0 Å². The number of sulfonamides is 1. The van der Waals surface area contributed by atoms with Crippen molar-refractivity contribution < 1.29 is 12.8 Å². The Hall–Kier alpha value is -1.35. The highest BCUT2D eigenvalue weighted by Gasteiger charge is 2.34. The molecular formula is C16H19Cl2FN4O2S. The number of rotatable bonds is 4. The SMILES string of the molecule is CCn1nc(C)c(S(=O)(=O)N2CCN(c3ccc(Cl)c(Cl)c3)CC2)c1F. The molecule has 1 aliphatic heterocycles. The molecule has 0 amide bonds. The molecule has 0 atom stereocenters. The predicted molar refractivity (Wildman–Crippen MR) is 100 cm³/mol. The zero-order valence-corrected chi connectivity index (χ0v) is 16.7. The number of nitrogens with zero attached hydrogens (tertiary/aromatic N) is 4. The minimum absolute atomic E-state index is 0.177. The Morgan fingerprint density at radius 3 is 2.35 bits per heavy atom. The van der Waals surface area contributed by atoms with Gasteiger partial charge >= 0.3 is 0 Å². The highest BCUT2D eigenvalue weighted by molar-refractivity contribution is 7.89. The van der Waals surface area contributed by atoms with Crippen LogP contribution in [-0.4, -0.2) is 48.7 Å². The maximum atomic E-state index is 14.4. The Morgan fingerprint density at radius 2 is 1.81 bits per heavy atom. The second-order valence-electron chi connectivity index (χ2n) is 6.01. The second kappa shape index (κ2) is 7.34.